The molecular formula is C11H14NO2+. The van der Waals surface area contributed by atoms with E-state index >= 15 is 0 Å². The molecule has 74 valence electrons. The molecule has 0 bridgehead atoms. The smallest absolute Gasteiger partial charge is 0.255 e. The third-order valence-electron chi connectivity index (χ3n) is 1.73. The Hall–Kier alpha value is -1.77. The number of pyridine rings is 1. The van der Waals surface area contributed by atoms with Gasteiger partial charge in [-0.15, -0.1) is 0 Å². The van der Waals surface area contributed by atoms with Gasteiger partial charge < -0.3 is 10.1 Å². The molecule has 0 spiro atoms. The monoisotopic (exact) mass is 192 g/mol. The van der Waals surface area contributed by atoms with Crippen molar-refractivity contribution in [2.45, 2.75) is 13.8 Å². The normalized spacial score (nSPS) is 9.29. The summed E-state index contributed by atoms with van der Waals surface area (Å²) in [5.74, 6) is 0.407. The zero-order chi connectivity index (χ0) is 10.6. The summed E-state index contributed by atoms with van der Waals surface area (Å²) in [6, 6.07) is 8.37. The molecule has 2 rings (SSSR count). The minimum atomic E-state index is -0.131. The first-order chi connectivity index (χ1) is 6.75. The molecule has 3 heteroatoms. The number of hydrogen-bond acceptors (Lipinski definition) is 1. The third-order valence-corrected chi connectivity index (χ3v) is 1.73. The minimum absolute atomic E-state index is 0.131. The molecule has 1 aromatic heterocycles. The third kappa shape index (κ3) is 2.13. The molecule has 3 N–H and O–H groups in total. The molecule has 0 unspecified atom stereocenters. The van der Waals surface area contributed by atoms with Gasteiger partial charge in [0.05, 0.1) is 11.6 Å². The predicted molar refractivity (Wildman–Crippen MR) is 59.0 cm³/mol. The fourth-order valence-electron chi connectivity index (χ4n) is 1.15. The van der Waals surface area contributed by atoms with Gasteiger partial charge in [-0.3, -0.25) is 4.79 Å². The van der Waals surface area contributed by atoms with E-state index in [0.29, 0.717) is 5.75 Å². The Kier molecular flexibility index (Phi) is 3.29. The summed E-state index contributed by atoms with van der Waals surface area (Å²) in [5, 5.41) is 8.28. The standard InChI is InChI=1S/C9H7NO2.C2H6/c11-7-3-1-6-2-4-9(12)10-8(6)5-7;1-2/h1-5,11H,(H,10,12);1-2H3/p+1. The first-order valence-electron chi connectivity index (χ1n) is 4.60. The molecule has 0 saturated heterocycles. The molecular weight excluding hydrogens is 178 g/mol. The highest BCUT2D eigenvalue weighted by Crippen LogP contribution is 2.15. The molecule has 0 radical (unpaired) electrons. The molecule has 0 saturated carbocycles. The van der Waals surface area contributed by atoms with Crippen LogP contribution in [0.25, 0.3) is 10.9 Å². The highest BCUT2D eigenvalue weighted by atomic mass is 16.3. The highest BCUT2D eigenvalue weighted by Gasteiger charge is 1.97. The van der Waals surface area contributed by atoms with E-state index in [1.807, 2.05) is 19.9 Å². The van der Waals surface area contributed by atoms with Crippen molar-refractivity contribution in [1.82, 2.24) is 4.98 Å². The van der Waals surface area contributed by atoms with Gasteiger partial charge >= 0.3 is 0 Å². The van der Waals surface area contributed by atoms with Crippen molar-refractivity contribution >= 4 is 10.9 Å². The van der Waals surface area contributed by atoms with Gasteiger partial charge in [-0.2, -0.15) is 0 Å². The summed E-state index contributed by atoms with van der Waals surface area (Å²) in [4.78, 5) is 13.5. The first-order valence-corrected chi connectivity index (χ1v) is 4.60. The quantitative estimate of drug-likeness (QED) is 0.637. The van der Waals surface area contributed by atoms with Gasteiger partial charge in [0.15, 0.2) is 0 Å². The second kappa shape index (κ2) is 4.46. The Morgan fingerprint density at radius 3 is 2.50 bits per heavy atom. The number of H-pyrrole nitrogens is 1. The van der Waals surface area contributed by atoms with Gasteiger partial charge in [0.1, 0.15) is 0 Å². The maximum atomic E-state index is 10.9. The summed E-state index contributed by atoms with van der Waals surface area (Å²) in [5.41, 5.74) is 0.586. The van der Waals surface area contributed by atoms with Crippen molar-refractivity contribution in [3.63, 3.8) is 0 Å². The van der Waals surface area contributed by atoms with E-state index in [1.54, 1.807) is 18.2 Å². The molecule has 1 heterocycles. The van der Waals surface area contributed by atoms with Crippen LogP contribution in [0.3, 0.4) is 0 Å². The Morgan fingerprint density at radius 1 is 1.14 bits per heavy atom. The van der Waals surface area contributed by atoms with Crippen LogP contribution in [0, 0.1) is 0 Å². The molecule has 14 heavy (non-hydrogen) atoms. The molecule has 0 aliphatic rings. The van der Waals surface area contributed by atoms with Crippen LogP contribution in [0.4, 0.5) is 0 Å². The second-order valence-corrected chi connectivity index (χ2v) is 2.62. The fraction of sp³-hybridized carbons (Fsp3) is 0.182. The van der Waals surface area contributed by atoms with Gasteiger partial charge in [0, 0.05) is 12.1 Å². The average Bonchev–Trinajstić information content (AvgIpc) is 2.20. The van der Waals surface area contributed by atoms with Crippen LogP contribution >= 0.6 is 0 Å². The lowest BCUT2D eigenvalue weighted by atomic mass is 10.2. The van der Waals surface area contributed by atoms with Crippen LogP contribution < -0.4 is 5.56 Å². The number of nitrogens with one attached hydrogen (secondary N) is 1. The van der Waals surface area contributed by atoms with Gasteiger partial charge in [0.2, 0.25) is 5.56 Å². The number of hydrogen-bond donors (Lipinski definition) is 1. The Balaban J connectivity index is 0.000000461. The molecule has 3 nitrogen and oxygen atoms in total. The Labute approximate surface area is 82.0 Å². The van der Waals surface area contributed by atoms with Crippen LogP contribution in [0.2, 0.25) is 0 Å². The van der Waals surface area contributed by atoms with E-state index in [2.05, 4.69) is 4.98 Å². The highest BCUT2D eigenvalue weighted by molar-refractivity contribution is 5.79. The van der Waals surface area contributed by atoms with Gasteiger partial charge in [-0.05, 0) is 17.5 Å². The van der Waals surface area contributed by atoms with E-state index in [1.165, 1.54) is 6.07 Å². The zero-order valence-corrected chi connectivity index (χ0v) is 8.29. The molecule has 0 aliphatic heterocycles. The zero-order valence-electron chi connectivity index (χ0n) is 8.29. The maximum absolute atomic E-state index is 10.9. The SMILES string of the molecule is CC.O=c1ccc2ccc([OH2+])cc2[nH]1. The topological polar surface area (TPSA) is 55.8 Å². The lowest BCUT2D eigenvalue weighted by Crippen LogP contribution is -2.01. The van der Waals surface area contributed by atoms with Crippen molar-refractivity contribution < 1.29 is 5.11 Å². The maximum Gasteiger partial charge on any atom is 0.255 e. The number of fused-ring (bicyclic) bond motifs is 1. The predicted octanol–water partition coefficient (Wildman–Crippen LogP) is 1.99. The van der Waals surface area contributed by atoms with Crippen LogP contribution in [0.5, 0.6) is 5.75 Å². The summed E-state index contributed by atoms with van der Waals surface area (Å²) in [7, 11) is 0. The molecule has 0 fully saturated rings. The second-order valence-electron chi connectivity index (χ2n) is 2.62. The van der Waals surface area contributed by atoms with Gasteiger partial charge in [-0.1, -0.05) is 13.8 Å². The largest absolute Gasteiger partial charge is 0.593 e. The number of aromatic amines is 1. The lowest BCUT2D eigenvalue weighted by Gasteiger charge is -1.94. The minimum Gasteiger partial charge on any atom is -0.593 e. The van der Waals surface area contributed by atoms with E-state index in [0.717, 1.165) is 10.9 Å². The van der Waals surface area contributed by atoms with Crippen LogP contribution in [-0.4, -0.2) is 10.1 Å². The van der Waals surface area contributed by atoms with Crippen molar-refractivity contribution in [3.05, 3.63) is 40.7 Å². The number of aromatic nitrogens is 1. The summed E-state index contributed by atoms with van der Waals surface area (Å²) < 4.78 is 0. The average molecular weight is 192 g/mol. The van der Waals surface area contributed by atoms with Crippen molar-refractivity contribution in [1.29, 1.82) is 0 Å². The van der Waals surface area contributed by atoms with Crippen LogP contribution in [0.1, 0.15) is 13.8 Å². The van der Waals surface area contributed by atoms with Gasteiger partial charge in [0.25, 0.3) is 5.75 Å². The lowest BCUT2D eigenvalue weighted by molar-refractivity contribution is 0.476. The van der Waals surface area contributed by atoms with Crippen molar-refractivity contribution in [2.24, 2.45) is 0 Å². The van der Waals surface area contributed by atoms with Crippen molar-refractivity contribution in [2.75, 3.05) is 0 Å². The number of rotatable bonds is 0. The Bertz CT molecular complexity index is 474. The van der Waals surface area contributed by atoms with Crippen LogP contribution in [0.15, 0.2) is 35.1 Å². The summed E-state index contributed by atoms with van der Waals surface area (Å²) in [6.45, 7) is 4.00. The first kappa shape index (κ1) is 10.3. The van der Waals surface area contributed by atoms with Crippen molar-refractivity contribution in [3.8, 4) is 5.75 Å². The van der Waals surface area contributed by atoms with E-state index < -0.39 is 0 Å². The van der Waals surface area contributed by atoms with Crippen LogP contribution in [-0.2, 0) is 0 Å². The molecule has 1 aromatic carbocycles. The van der Waals surface area contributed by atoms with E-state index in [9.17, 15) is 4.79 Å². The number of benzene rings is 1. The fourth-order valence-corrected chi connectivity index (χ4v) is 1.15. The molecule has 0 amide bonds. The van der Waals surface area contributed by atoms with E-state index in [4.69, 9.17) is 5.11 Å². The summed E-state index contributed by atoms with van der Waals surface area (Å²) >= 11 is 0. The molecule has 2 aromatic rings. The molecule has 0 aliphatic carbocycles. The Morgan fingerprint density at radius 2 is 1.79 bits per heavy atom. The van der Waals surface area contributed by atoms with Gasteiger partial charge in [-0.25, -0.2) is 0 Å². The van der Waals surface area contributed by atoms with E-state index in [-0.39, 0.29) is 5.56 Å². The summed E-state index contributed by atoms with van der Waals surface area (Å²) in [6.07, 6.45) is 0. The molecule has 0 atom stereocenters.